The molecule has 0 bridgehead atoms. The zero-order valence-corrected chi connectivity index (χ0v) is 11.9. The molecular formula is C15H20N2OS. The number of nitrogens with zero attached hydrogens (tertiary/aromatic N) is 1. The first-order chi connectivity index (χ1) is 9.16. The number of carbonyl (C=O) groups is 1. The summed E-state index contributed by atoms with van der Waals surface area (Å²) in [7, 11) is 0. The van der Waals surface area contributed by atoms with Crippen LogP contribution in [0.25, 0.3) is 0 Å². The molecular weight excluding hydrogens is 256 g/mol. The van der Waals surface area contributed by atoms with Crippen molar-refractivity contribution < 1.29 is 4.79 Å². The summed E-state index contributed by atoms with van der Waals surface area (Å²) in [6.45, 7) is 1.40. The molecule has 0 atom stereocenters. The molecule has 3 nitrogen and oxygen atoms in total. The van der Waals surface area contributed by atoms with Crippen molar-refractivity contribution in [1.82, 2.24) is 4.90 Å². The highest BCUT2D eigenvalue weighted by molar-refractivity contribution is 7.80. The lowest BCUT2D eigenvalue weighted by Gasteiger charge is -2.22. The van der Waals surface area contributed by atoms with Crippen LogP contribution >= 0.6 is 12.2 Å². The molecule has 4 heteroatoms. The summed E-state index contributed by atoms with van der Waals surface area (Å²) in [6.07, 6.45) is 3.57. The summed E-state index contributed by atoms with van der Waals surface area (Å²) in [6, 6.07) is 10.2. The average molecular weight is 276 g/mol. The molecule has 0 aromatic heterocycles. The van der Waals surface area contributed by atoms with Gasteiger partial charge in [-0.3, -0.25) is 4.79 Å². The first kappa shape index (κ1) is 14.0. The van der Waals surface area contributed by atoms with Crippen molar-refractivity contribution in [2.45, 2.75) is 25.7 Å². The Morgan fingerprint density at radius 2 is 1.95 bits per heavy atom. The SMILES string of the molecule is NC(=S)CCN(CCc1ccccc1)C(=O)C1CC1. The highest BCUT2D eigenvalue weighted by Gasteiger charge is 2.33. The largest absolute Gasteiger partial charge is 0.393 e. The molecule has 0 unspecified atom stereocenters. The van der Waals surface area contributed by atoms with Gasteiger partial charge in [0.2, 0.25) is 5.91 Å². The van der Waals surface area contributed by atoms with Crippen LogP contribution in [0.15, 0.2) is 30.3 Å². The van der Waals surface area contributed by atoms with Gasteiger partial charge in [-0.2, -0.15) is 0 Å². The van der Waals surface area contributed by atoms with Crippen LogP contribution in [0.2, 0.25) is 0 Å². The van der Waals surface area contributed by atoms with Crippen LogP contribution in [0.1, 0.15) is 24.8 Å². The maximum Gasteiger partial charge on any atom is 0.225 e. The van der Waals surface area contributed by atoms with Gasteiger partial charge in [0.1, 0.15) is 0 Å². The molecule has 1 aromatic carbocycles. The molecule has 1 amide bonds. The zero-order chi connectivity index (χ0) is 13.7. The van der Waals surface area contributed by atoms with Gasteiger partial charge in [0.15, 0.2) is 0 Å². The van der Waals surface area contributed by atoms with Crippen LogP contribution < -0.4 is 5.73 Å². The number of hydrogen-bond donors (Lipinski definition) is 1. The highest BCUT2D eigenvalue weighted by atomic mass is 32.1. The Balaban J connectivity index is 1.89. The van der Waals surface area contributed by atoms with Gasteiger partial charge in [0, 0.05) is 25.4 Å². The molecule has 2 N–H and O–H groups in total. The van der Waals surface area contributed by atoms with E-state index in [9.17, 15) is 4.79 Å². The fourth-order valence-electron chi connectivity index (χ4n) is 2.07. The minimum atomic E-state index is 0.252. The van der Waals surface area contributed by atoms with Gasteiger partial charge in [-0.05, 0) is 24.8 Å². The van der Waals surface area contributed by atoms with E-state index in [1.165, 1.54) is 5.56 Å². The number of thiocarbonyl (C=S) groups is 1. The summed E-state index contributed by atoms with van der Waals surface area (Å²) in [5.74, 6) is 0.523. The minimum absolute atomic E-state index is 0.252. The van der Waals surface area contributed by atoms with Crippen LogP contribution in [0, 0.1) is 5.92 Å². The topological polar surface area (TPSA) is 46.3 Å². The molecule has 1 aliphatic rings. The van der Waals surface area contributed by atoms with E-state index >= 15 is 0 Å². The fourth-order valence-corrected chi connectivity index (χ4v) is 2.17. The van der Waals surface area contributed by atoms with E-state index in [0.29, 0.717) is 18.0 Å². The Hall–Kier alpha value is -1.42. The molecule has 0 radical (unpaired) electrons. The first-order valence-corrected chi connectivity index (χ1v) is 7.18. The van der Waals surface area contributed by atoms with Gasteiger partial charge < -0.3 is 10.6 Å². The van der Waals surface area contributed by atoms with Gasteiger partial charge >= 0.3 is 0 Å². The maximum atomic E-state index is 12.2. The normalized spacial score (nSPS) is 14.1. The minimum Gasteiger partial charge on any atom is -0.393 e. The summed E-state index contributed by atoms with van der Waals surface area (Å²) in [4.78, 5) is 14.6. The van der Waals surface area contributed by atoms with Crippen LogP contribution in [-0.4, -0.2) is 28.9 Å². The molecule has 0 spiro atoms. The number of benzene rings is 1. The van der Waals surface area contributed by atoms with Gasteiger partial charge in [-0.25, -0.2) is 0 Å². The van der Waals surface area contributed by atoms with Gasteiger partial charge in [0.25, 0.3) is 0 Å². The second-order valence-electron chi connectivity index (χ2n) is 5.05. The average Bonchev–Trinajstić information content (AvgIpc) is 3.23. The summed E-state index contributed by atoms with van der Waals surface area (Å²) in [5.41, 5.74) is 6.79. The first-order valence-electron chi connectivity index (χ1n) is 6.78. The Labute approximate surface area is 119 Å². The standard InChI is InChI=1S/C15H20N2OS/c16-14(19)9-11-17(15(18)13-6-7-13)10-8-12-4-2-1-3-5-12/h1-5,13H,6-11H2,(H2,16,19). The van der Waals surface area contributed by atoms with E-state index in [0.717, 1.165) is 25.8 Å². The third-order valence-corrected chi connectivity index (χ3v) is 3.58. The summed E-state index contributed by atoms with van der Waals surface area (Å²) < 4.78 is 0. The smallest absolute Gasteiger partial charge is 0.225 e. The Morgan fingerprint density at radius 1 is 1.26 bits per heavy atom. The van der Waals surface area contributed by atoms with E-state index in [-0.39, 0.29) is 11.8 Å². The quantitative estimate of drug-likeness (QED) is 0.776. The van der Waals surface area contributed by atoms with E-state index in [2.05, 4.69) is 12.1 Å². The fraction of sp³-hybridized carbons (Fsp3) is 0.467. The van der Waals surface area contributed by atoms with Crippen molar-refractivity contribution in [3.63, 3.8) is 0 Å². The van der Waals surface area contributed by atoms with E-state index in [4.69, 9.17) is 18.0 Å². The lowest BCUT2D eigenvalue weighted by Crippen LogP contribution is -2.36. The Bertz CT molecular complexity index is 443. The van der Waals surface area contributed by atoms with Crippen LogP contribution in [0.4, 0.5) is 0 Å². The van der Waals surface area contributed by atoms with Crippen LogP contribution in [0.5, 0.6) is 0 Å². The second kappa shape index (κ2) is 6.66. The van der Waals surface area contributed by atoms with Crippen molar-refractivity contribution in [2.75, 3.05) is 13.1 Å². The number of nitrogens with two attached hydrogens (primary N) is 1. The van der Waals surface area contributed by atoms with Crippen molar-refractivity contribution in [2.24, 2.45) is 11.7 Å². The summed E-state index contributed by atoms with van der Waals surface area (Å²) in [5, 5.41) is 0. The lowest BCUT2D eigenvalue weighted by atomic mass is 10.1. The van der Waals surface area contributed by atoms with Crippen LogP contribution in [0.3, 0.4) is 0 Å². The molecule has 1 fully saturated rings. The monoisotopic (exact) mass is 276 g/mol. The predicted molar refractivity (Wildman–Crippen MR) is 80.9 cm³/mol. The zero-order valence-electron chi connectivity index (χ0n) is 11.0. The molecule has 2 rings (SSSR count). The highest BCUT2D eigenvalue weighted by Crippen LogP contribution is 2.31. The molecule has 1 aromatic rings. The van der Waals surface area contributed by atoms with Gasteiger partial charge in [-0.1, -0.05) is 42.5 Å². The third-order valence-electron chi connectivity index (χ3n) is 3.38. The van der Waals surface area contributed by atoms with Crippen molar-refractivity contribution >= 4 is 23.1 Å². The van der Waals surface area contributed by atoms with E-state index in [1.807, 2.05) is 23.1 Å². The van der Waals surface area contributed by atoms with E-state index < -0.39 is 0 Å². The number of hydrogen-bond acceptors (Lipinski definition) is 2. The molecule has 19 heavy (non-hydrogen) atoms. The maximum absolute atomic E-state index is 12.2. The number of carbonyl (C=O) groups excluding carboxylic acids is 1. The molecule has 0 aliphatic heterocycles. The van der Waals surface area contributed by atoms with Crippen molar-refractivity contribution in [1.29, 1.82) is 0 Å². The second-order valence-corrected chi connectivity index (χ2v) is 5.58. The van der Waals surface area contributed by atoms with Gasteiger partial charge in [-0.15, -0.1) is 0 Å². The molecule has 1 saturated carbocycles. The molecule has 102 valence electrons. The Kier molecular flexibility index (Phi) is 4.91. The lowest BCUT2D eigenvalue weighted by molar-refractivity contribution is -0.132. The van der Waals surface area contributed by atoms with Gasteiger partial charge in [0.05, 0.1) is 4.99 Å². The number of rotatable bonds is 7. The Morgan fingerprint density at radius 3 is 2.53 bits per heavy atom. The van der Waals surface area contributed by atoms with Crippen molar-refractivity contribution in [3.05, 3.63) is 35.9 Å². The van der Waals surface area contributed by atoms with E-state index in [1.54, 1.807) is 0 Å². The molecule has 1 aliphatic carbocycles. The molecule has 0 heterocycles. The predicted octanol–water partition coefficient (Wildman–Crippen LogP) is 2.14. The third kappa shape index (κ3) is 4.63. The summed E-state index contributed by atoms with van der Waals surface area (Å²) >= 11 is 4.90. The van der Waals surface area contributed by atoms with Crippen molar-refractivity contribution in [3.8, 4) is 0 Å². The van der Waals surface area contributed by atoms with Crippen LogP contribution in [-0.2, 0) is 11.2 Å². The molecule has 0 saturated heterocycles. The number of amides is 1.